The van der Waals surface area contributed by atoms with Crippen molar-refractivity contribution in [2.75, 3.05) is 31.5 Å². The molecule has 11 nitrogen and oxygen atoms in total. The third kappa shape index (κ3) is 4.05. The molecule has 1 unspecified atom stereocenters. The molecule has 5 heterocycles. The van der Waals surface area contributed by atoms with Gasteiger partial charge >= 0.3 is 12.1 Å². The number of rotatable bonds is 3. The molecule has 4 N–H and O–H groups in total. The lowest BCUT2D eigenvalue weighted by molar-refractivity contribution is -0.138. The zero-order chi connectivity index (χ0) is 28.4. The van der Waals surface area contributed by atoms with E-state index in [-0.39, 0.29) is 36.0 Å². The quantitative estimate of drug-likeness (QED) is 0.387. The monoisotopic (exact) mass is 568 g/mol. The van der Waals surface area contributed by atoms with Gasteiger partial charge in [-0.25, -0.2) is 9.59 Å². The van der Waals surface area contributed by atoms with Crippen molar-refractivity contribution in [2.45, 2.75) is 68.7 Å². The minimum atomic E-state index is -0.919. The van der Waals surface area contributed by atoms with E-state index >= 15 is 0 Å². The molecule has 3 fully saturated rings. The molecular formula is C31H36N8O3. The second-order valence-corrected chi connectivity index (χ2v) is 12.5. The summed E-state index contributed by atoms with van der Waals surface area (Å²) in [5, 5.41) is 18.1. The van der Waals surface area contributed by atoms with E-state index in [1.54, 1.807) is 0 Å². The number of amides is 5. The maximum Gasteiger partial charge on any atom is 0.322 e. The van der Waals surface area contributed by atoms with Crippen LogP contribution in [-0.2, 0) is 17.9 Å². The van der Waals surface area contributed by atoms with Crippen LogP contribution >= 0.6 is 0 Å². The fourth-order valence-corrected chi connectivity index (χ4v) is 7.74. The Bertz CT molecular complexity index is 1570. The minimum absolute atomic E-state index is 0.0409. The first kappa shape index (κ1) is 25.6. The van der Waals surface area contributed by atoms with Crippen LogP contribution in [0.4, 0.5) is 15.3 Å². The van der Waals surface area contributed by atoms with Gasteiger partial charge in [0, 0.05) is 55.3 Å². The number of benzene rings is 2. The molecule has 11 heteroatoms. The van der Waals surface area contributed by atoms with Gasteiger partial charge in [0.15, 0.2) is 0 Å². The maximum absolute atomic E-state index is 14.4. The number of aromatic nitrogens is 2. The Morgan fingerprint density at radius 1 is 0.952 bits per heavy atom. The third-order valence-electron chi connectivity index (χ3n) is 10.2. The Morgan fingerprint density at radius 2 is 1.74 bits per heavy atom. The fourth-order valence-electron chi connectivity index (χ4n) is 7.74. The second-order valence-electron chi connectivity index (χ2n) is 12.5. The highest BCUT2D eigenvalue weighted by Gasteiger charge is 2.65. The summed E-state index contributed by atoms with van der Waals surface area (Å²) in [4.78, 5) is 46.7. The molecule has 42 heavy (non-hydrogen) atoms. The molecule has 1 aromatic heterocycles. The average Bonchev–Trinajstić information content (AvgIpc) is 3.55. The summed E-state index contributed by atoms with van der Waals surface area (Å²) in [6.07, 6.45) is 5.68. The summed E-state index contributed by atoms with van der Waals surface area (Å²) < 4.78 is 0. The van der Waals surface area contributed by atoms with Gasteiger partial charge in [-0.1, -0.05) is 24.3 Å². The summed E-state index contributed by atoms with van der Waals surface area (Å²) in [7, 11) is 0. The number of anilines is 1. The number of nitrogens with one attached hydrogen (secondary N) is 4. The van der Waals surface area contributed by atoms with Gasteiger partial charge in [0.05, 0.1) is 11.7 Å². The maximum atomic E-state index is 14.4. The highest BCUT2D eigenvalue weighted by Crippen LogP contribution is 2.56. The lowest BCUT2D eigenvalue weighted by Crippen LogP contribution is -2.58. The number of para-hydroxylation sites is 1. The van der Waals surface area contributed by atoms with Crippen LogP contribution in [0.5, 0.6) is 0 Å². The number of carbonyl (C=O) groups excluding carboxylic acids is 3. The Morgan fingerprint density at radius 3 is 2.57 bits per heavy atom. The number of fused-ring (bicyclic) bond motifs is 6. The molecule has 218 valence electrons. The molecule has 2 aromatic carbocycles. The summed E-state index contributed by atoms with van der Waals surface area (Å²) in [6.45, 7) is 3.97. The van der Waals surface area contributed by atoms with Crippen LogP contribution in [-0.4, -0.2) is 86.7 Å². The van der Waals surface area contributed by atoms with Crippen molar-refractivity contribution >= 4 is 34.6 Å². The van der Waals surface area contributed by atoms with E-state index in [0.717, 1.165) is 59.2 Å². The molecule has 1 aliphatic carbocycles. The molecule has 2 saturated heterocycles. The average molecular weight is 569 g/mol. The van der Waals surface area contributed by atoms with Crippen molar-refractivity contribution < 1.29 is 14.4 Å². The molecule has 1 saturated carbocycles. The molecule has 5 aliphatic rings. The molecule has 0 radical (unpaired) electrons. The topological polar surface area (TPSA) is 126 Å². The van der Waals surface area contributed by atoms with E-state index < -0.39 is 5.54 Å². The lowest BCUT2D eigenvalue weighted by Gasteiger charge is -2.41. The zero-order valence-electron chi connectivity index (χ0n) is 23.6. The first-order valence-corrected chi connectivity index (χ1v) is 15.2. The van der Waals surface area contributed by atoms with Gasteiger partial charge in [-0.15, -0.1) is 0 Å². The van der Waals surface area contributed by atoms with E-state index in [0.29, 0.717) is 45.4 Å². The number of likely N-dealkylation sites (tertiary alicyclic amines) is 1. The largest absolute Gasteiger partial charge is 0.333 e. The van der Waals surface area contributed by atoms with Crippen LogP contribution in [0.1, 0.15) is 54.7 Å². The SMILES string of the molecule is O=C(N[C@]12CC1c1ccc3[nH]ncc3c1CN(C1CCNCC1)C2=O)N1CCC(N2Cc3ccccc3NC2=O)CC1. The number of urea groups is 2. The van der Waals surface area contributed by atoms with Crippen molar-refractivity contribution in [1.82, 2.24) is 35.5 Å². The number of nitrogens with zero attached hydrogens (tertiary/aromatic N) is 4. The van der Waals surface area contributed by atoms with Crippen LogP contribution in [0.2, 0.25) is 0 Å². The van der Waals surface area contributed by atoms with E-state index in [9.17, 15) is 14.4 Å². The number of hydrogen-bond acceptors (Lipinski definition) is 5. The predicted molar refractivity (Wildman–Crippen MR) is 157 cm³/mol. The number of carbonyl (C=O) groups is 3. The molecule has 2 atom stereocenters. The van der Waals surface area contributed by atoms with Gasteiger partial charge in [-0.05, 0) is 74.0 Å². The van der Waals surface area contributed by atoms with E-state index in [4.69, 9.17) is 0 Å². The number of aromatic amines is 1. The Labute approximate surface area is 244 Å². The summed E-state index contributed by atoms with van der Waals surface area (Å²) >= 11 is 0. The molecule has 8 rings (SSSR count). The molecule has 0 bridgehead atoms. The van der Waals surface area contributed by atoms with E-state index in [1.165, 1.54) is 0 Å². The van der Waals surface area contributed by atoms with Gasteiger partial charge in [0.25, 0.3) is 0 Å². The zero-order valence-corrected chi connectivity index (χ0v) is 23.6. The summed E-state index contributed by atoms with van der Waals surface area (Å²) in [5.74, 6) is -0.0104. The molecule has 0 spiro atoms. The molecule has 5 amide bonds. The summed E-state index contributed by atoms with van der Waals surface area (Å²) in [6, 6.07) is 12.0. The van der Waals surface area contributed by atoms with Crippen molar-refractivity contribution in [2.24, 2.45) is 0 Å². The minimum Gasteiger partial charge on any atom is -0.333 e. The Kier molecular flexibility index (Phi) is 5.92. The highest BCUT2D eigenvalue weighted by atomic mass is 16.2. The van der Waals surface area contributed by atoms with Crippen molar-refractivity contribution in [1.29, 1.82) is 0 Å². The van der Waals surface area contributed by atoms with Gasteiger partial charge in [0.2, 0.25) is 5.91 Å². The lowest BCUT2D eigenvalue weighted by atomic mass is 9.98. The van der Waals surface area contributed by atoms with Gasteiger partial charge < -0.3 is 30.7 Å². The molecular weight excluding hydrogens is 532 g/mol. The smallest absolute Gasteiger partial charge is 0.322 e. The van der Waals surface area contributed by atoms with Crippen LogP contribution in [0.3, 0.4) is 0 Å². The van der Waals surface area contributed by atoms with Crippen molar-refractivity contribution in [3.8, 4) is 0 Å². The van der Waals surface area contributed by atoms with Crippen LogP contribution < -0.4 is 16.0 Å². The fraction of sp³-hybridized carbons (Fsp3) is 0.484. The van der Waals surface area contributed by atoms with Crippen LogP contribution in [0, 0.1) is 0 Å². The van der Waals surface area contributed by atoms with Crippen LogP contribution in [0.25, 0.3) is 10.9 Å². The predicted octanol–water partition coefficient (Wildman–Crippen LogP) is 3.10. The molecule has 4 aliphatic heterocycles. The Balaban J connectivity index is 1.01. The first-order chi connectivity index (χ1) is 20.5. The summed E-state index contributed by atoms with van der Waals surface area (Å²) in [5.41, 5.74) is 4.32. The number of piperidine rings is 2. The highest BCUT2D eigenvalue weighted by molar-refractivity contribution is 5.98. The van der Waals surface area contributed by atoms with Crippen LogP contribution in [0.15, 0.2) is 42.6 Å². The van der Waals surface area contributed by atoms with E-state index in [2.05, 4.69) is 32.2 Å². The normalized spacial score (nSPS) is 26.3. The first-order valence-electron chi connectivity index (χ1n) is 15.2. The standard InChI is InChI=1S/C31H36N8O3/c40-28-31(35-30(42)37-13-9-21(10-14-37)39-17-19-3-1-2-4-26(19)34-29(39)41)15-25(31)22-5-6-27-23(16-33-36-27)24(22)18-38(28)20-7-11-32-12-8-20/h1-6,16,20-21,25,32H,7-15,17-18H2,(H,33,36)(H,34,41)(H,35,42)/t25?,31-/m1/s1. The number of hydrogen-bond donors (Lipinski definition) is 4. The molecule has 3 aromatic rings. The third-order valence-corrected chi connectivity index (χ3v) is 10.2. The second kappa shape index (κ2) is 9.72. The van der Waals surface area contributed by atoms with Gasteiger partial charge in [0.1, 0.15) is 5.54 Å². The van der Waals surface area contributed by atoms with Gasteiger partial charge in [-0.3, -0.25) is 9.89 Å². The number of H-pyrrole nitrogens is 1. The Hall–Kier alpha value is -4.12. The van der Waals surface area contributed by atoms with Crippen molar-refractivity contribution in [3.05, 3.63) is 59.3 Å². The van der Waals surface area contributed by atoms with Crippen molar-refractivity contribution in [3.63, 3.8) is 0 Å². The van der Waals surface area contributed by atoms with E-state index in [1.807, 2.05) is 51.2 Å². The van der Waals surface area contributed by atoms with Gasteiger partial charge in [-0.2, -0.15) is 5.10 Å².